The van der Waals surface area contributed by atoms with E-state index < -0.39 is 23.4 Å². The predicted octanol–water partition coefficient (Wildman–Crippen LogP) is 5.86. The molecule has 70 heavy (non-hydrogen) atoms. The Balaban J connectivity index is 0.000000158. The van der Waals surface area contributed by atoms with E-state index in [2.05, 4.69) is 90.3 Å². The molecule has 0 aliphatic heterocycles. The van der Waals surface area contributed by atoms with Crippen LogP contribution in [-0.2, 0) is 32.4 Å². The van der Waals surface area contributed by atoms with Gasteiger partial charge in [0, 0.05) is 90.7 Å². The summed E-state index contributed by atoms with van der Waals surface area (Å²) in [5.74, 6) is -1.29. The number of pyridine rings is 2. The molecule has 4 aromatic carbocycles. The van der Waals surface area contributed by atoms with Crippen LogP contribution in [0.1, 0.15) is 79.9 Å². The van der Waals surface area contributed by atoms with Gasteiger partial charge in [-0.25, -0.2) is 19.9 Å². The number of carboxylic acid groups (broad SMARTS) is 2. The SMILES string of the molecule is CCc1ncc(C[n+]2ccc3ccsc3c2C)c(N)n1.CCc1ncc(C[n+]2ccc3ccsc3c2C)c(N)n1.O.O=C([O-])c1cc2ccccc2c(Cc2c(O)c(C(=O)[O-])cc3ccccc23)c1O. The second-order valence-electron chi connectivity index (χ2n) is 16.3. The van der Waals surface area contributed by atoms with Gasteiger partial charge in [0.1, 0.15) is 44.2 Å². The van der Waals surface area contributed by atoms with E-state index in [-0.39, 0.29) is 34.2 Å². The van der Waals surface area contributed by atoms with Crippen molar-refractivity contribution in [3.05, 3.63) is 177 Å². The summed E-state index contributed by atoms with van der Waals surface area (Å²) in [5, 5.41) is 53.3. The molecular formula is C53H50N8O7S2. The summed E-state index contributed by atoms with van der Waals surface area (Å²) in [7, 11) is 0. The van der Waals surface area contributed by atoms with E-state index in [0.717, 1.165) is 35.6 Å². The molecule has 10 aromatic rings. The summed E-state index contributed by atoms with van der Waals surface area (Å²) in [6.07, 6.45) is 9.38. The Labute approximate surface area is 410 Å². The molecule has 15 nitrogen and oxygen atoms in total. The number of nitrogens with two attached hydrogens (primary N) is 2. The number of carboxylic acids is 2. The lowest BCUT2D eigenvalue weighted by molar-refractivity contribution is -0.692. The lowest BCUT2D eigenvalue weighted by Crippen LogP contribution is -2.37. The minimum atomic E-state index is -1.54. The van der Waals surface area contributed by atoms with Crippen molar-refractivity contribution in [2.45, 2.75) is 60.0 Å². The van der Waals surface area contributed by atoms with Gasteiger partial charge in [-0.15, -0.1) is 22.7 Å². The average Bonchev–Trinajstić information content (AvgIpc) is 4.05. The molecule has 0 unspecified atom stereocenters. The van der Waals surface area contributed by atoms with Gasteiger partial charge in [-0.1, -0.05) is 62.4 Å². The first-order valence-electron chi connectivity index (χ1n) is 22.1. The molecule has 0 saturated carbocycles. The van der Waals surface area contributed by atoms with Gasteiger partial charge in [-0.05, 0) is 56.6 Å². The van der Waals surface area contributed by atoms with E-state index in [1.807, 2.05) is 26.2 Å². The van der Waals surface area contributed by atoms with Gasteiger partial charge < -0.3 is 47.0 Å². The topological polar surface area (TPSA) is 264 Å². The summed E-state index contributed by atoms with van der Waals surface area (Å²) in [6, 6.07) is 24.9. The molecule has 8 N–H and O–H groups in total. The molecule has 10 rings (SSSR count). The number of hydrogen-bond donors (Lipinski definition) is 4. The summed E-state index contributed by atoms with van der Waals surface area (Å²) >= 11 is 3.53. The Morgan fingerprint density at radius 3 is 1.39 bits per heavy atom. The van der Waals surface area contributed by atoms with Crippen molar-refractivity contribution in [1.82, 2.24) is 19.9 Å². The van der Waals surface area contributed by atoms with Gasteiger partial charge in [0.05, 0.1) is 23.1 Å². The Hall–Kier alpha value is -8.12. The highest BCUT2D eigenvalue weighted by molar-refractivity contribution is 7.17. The highest BCUT2D eigenvalue weighted by atomic mass is 32.1. The third-order valence-corrected chi connectivity index (χ3v) is 14.1. The molecule has 0 fully saturated rings. The summed E-state index contributed by atoms with van der Waals surface area (Å²) < 4.78 is 7.02. The molecule has 0 radical (unpaired) electrons. The lowest BCUT2D eigenvalue weighted by Gasteiger charge is -2.18. The van der Waals surface area contributed by atoms with Crippen LogP contribution >= 0.6 is 22.7 Å². The van der Waals surface area contributed by atoms with Crippen LogP contribution in [0.2, 0.25) is 0 Å². The van der Waals surface area contributed by atoms with E-state index in [9.17, 15) is 30.0 Å². The molecular weight excluding hydrogens is 925 g/mol. The third kappa shape index (κ3) is 10.3. The van der Waals surface area contributed by atoms with E-state index >= 15 is 0 Å². The molecule has 0 atom stereocenters. The fourth-order valence-corrected chi connectivity index (χ4v) is 10.0. The number of thiophene rings is 2. The highest BCUT2D eigenvalue weighted by Crippen LogP contribution is 2.38. The lowest BCUT2D eigenvalue weighted by atomic mass is 9.90. The first-order valence-corrected chi connectivity index (χ1v) is 23.8. The third-order valence-electron chi connectivity index (χ3n) is 12.0. The van der Waals surface area contributed by atoms with Crippen molar-refractivity contribution in [2.24, 2.45) is 0 Å². The molecule has 356 valence electrons. The van der Waals surface area contributed by atoms with Crippen LogP contribution in [0.15, 0.2) is 120 Å². The number of aryl methyl sites for hydroxylation is 4. The predicted molar refractivity (Wildman–Crippen MR) is 270 cm³/mol. The van der Waals surface area contributed by atoms with Crippen molar-refractivity contribution in [3.63, 3.8) is 0 Å². The quantitative estimate of drug-likeness (QED) is 0.118. The number of nitrogens with zero attached hydrogens (tertiary/aromatic N) is 6. The fraction of sp³-hybridized carbons (Fsp3) is 0.170. The van der Waals surface area contributed by atoms with Crippen molar-refractivity contribution < 1.29 is 44.6 Å². The van der Waals surface area contributed by atoms with Gasteiger partial charge >= 0.3 is 0 Å². The number of aromatic carboxylic acids is 2. The summed E-state index contributed by atoms with van der Waals surface area (Å²) in [6.45, 7) is 9.73. The number of fused-ring (bicyclic) bond motifs is 4. The molecule has 0 aliphatic rings. The molecule has 17 heteroatoms. The number of aromatic nitrogens is 6. The highest BCUT2D eigenvalue weighted by Gasteiger charge is 2.21. The largest absolute Gasteiger partial charge is 0.545 e. The number of aromatic hydroxyl groups is 2. The van der Waals surface area contributed by atoms with Crippen LogP contribution in [0.25, 0.3) is 41.7 Å². The zero-order valence-electron chi connectivity index (χ0n) is 38.8. The Bertz CT molecular complexity index is 3340. The second kappa shape index (κ2) is 21.5. The Morgan fingerprint density at radius 1 is 0.614 bits per heavy atom. The standard InChI is InChI=1S/C23H16O6.2C15H17N4S.H2O/c24-20-16(14-7-3-1-5-12(14)9-18(20)22(26)27)11-17-15-8-4-2-6-13(15)10-19(21(17)25)23(28)29;2*1-3-13-17-8-12(15(16)18-13)9-19-6-4-11-5-7-20-14(11)10(19)2;/h1-10,24-25H,11H2,(H,26,27)(H,28,29);2*4-8H,3,9H2,1-2H3,(H2,16,17,18);1H2/q;2*+1;/p-2. The second-order valence-corrected chi connectivity index (χ2v) is 18.1. The van der Waals surface area contributed by atoms with Crippen LogP contribution in [0.3, 0.4) is 0 Å². The fourth-order valence-electron chi connectivity index (χ4n) is 8.19. The molecule has 0 amide bonds. The Morgan fingerprint density at radius 2 is 1.01 bits per heavy atom. The minimum absolute atomic E-state index is 0. The maximum Gasteiger partial charge on any atom is 0.196 e. The normalized spacial score (nSPS) is 10.9. The van der Waals surface area contributed by atoms with Crippen LogP contribution in [-0.4, -0.2) is 47.6 Å². The average molecular weight is 975 g/mol. The smallest absolute Gasteiger partial charge is 0.196 e. The molecule has 0 saturated heterocycles. The number of rotatable bonds is 10. The van der Waals surface area contributed by atoms with Gasteiger partial charge in [0.2, 0.25) is 0 Å². The van der Waals surface area contributed by atoms with Gasteiger partial charge in [0.25, 0.3) is 0 Å². The molecule has 6 aromatic heterocycles. The van der Waals surface area contributed by atoms with Crippen molar-refractivity contribution >= 4 is 88.0 Å². The summed E-state index contributed by atoms with van der Waals surface area (Å²) in [5.41, 5.74) is 16.2. The molecule has 0 bridgehead atoms. The van der Waals surface area contributed by atoms with E-state index in [0.29, 0.717) is 46.3 Å². The number of carbonyl (C=O) groups excluding carboxylic acids is 2. The summed E-state index contributed by atoms with van der Waals surface area (Å²) in [4.78, 5) is 40.3. The first-order chi connectivity index (χ1) is 33.3. The van der Waals surface area contributed by atoms with Crippen LogP contribution in [0, 0.1) is 13.8 Å². The van der Waals surface area contributed by atoms with Crippen molar-refractivity contribution in [1.29, 1.82) is 0 Å². The number of benzene rings is 4. The van der Waals surface area contributed by atoms with Crippen LogP contribution in [0.4, 0.5) is 11.6 Å². The molecule has 0 aliphatic carbocycles. The number of hydrogen-bond acceptors (Lipinski definition) is 14. The monoisotopic (exact) mass is 974 g/mol. The first kappa shape index (κ1) is 49.8. The van der Waals surface area contributed by atoms with E-state index in [1.165, 1.54) is 43.7 Å². The van der Waals surface area contributed by atoms with Gasteiger partial charge in [-0.3, -0.25) is 0 Å². The molecule has 0 spiro atoms. The number of nitrogen functional groups attached to an aromatic ring is 2. The maximum absolute atomic E-state index is 11.5. The number of carbonyl (C=O) groups is 2. The Kier molecular flexibility index (Phi) is 15.3. The van der Waals surface area contributed by atoms with E-state index in [1.54, 1.807) is 71.2 Å². The van der Waals surface area contributed by atoms with Crippen LogP contribution < -0.4 is 30.8 Å². The van der Waals surface area contributed by atoms with Gasteiger partial charge in [0.15, 0.2) is 36.9 Å². The van der Waals surface area contributed by atoms with Crippen LogP contribution in [0.5, 0.6) is 11.5 Å². The zero-order valence-corrected chi connectivity index (χ0v) is 40.4. The van der Waals surface area contributed by atoms with Crippen molar-refractivity contribution in [3.8, 4) is 11.5 Å². The van der Waals surface area contributed by atoms with Gasteiger partial charge in [-0.2, -0.15) is 9.13 Å². The zero-order chi connectivity index (χ0) is 48.9. The number of phenols is 2. The maximum atomic E-state index is 11.5. The minimum Gasteiger partial charge on any atom is -0.545 e. The molecule has 6 heterocycles. The number of anilines is 2. The van der Waals surface area contributed by atoms with E-state index in [4.69, 9.17) is 11.5 Å². The van der Waals surface area contributed by atoms with Crippen molar-refractivity contribution in [2.75, 3.05) is 11.5 Å².